The van der Waals surface area contributed by atoms with Gasteiger partial charge in [-0.1, -0.05) is 42.5 Å². The molecule has 0 fully saturated rings. The smallest absolute Gasteiger partial charge is 0.247 e. The van der Waals surface area contributed by atoms with Gasteiger partial charge in [0.05, 0.1) is 0 Å². The van der Waals surface area contributed by atoms with Gasteiger partial charge in [0.1, 0.15) is 6.04 Å². The number of amides is 1. The topological polar surface area (TPSA) is 34.0 Å². The molecule has 24 heavy (non-hydrogen) atoms. The molecule has 0 saturated heterocycles. The molecule has 3 heteroatoms. The summed E-state index contributed by atoms with van der Waals surface area (Å²) in [6.07, 6.45) is 4.54. The maximum atomic E-state index is 12.9. The van der Waals surface area contributed by atoms with Gasteiger partial charge in [-0.2, -0.15) is 0 Å². The second-order valence-electron chi connectivity index (χ2n) is 6.07. The molecule has 3 rings (SSSR count). The van der Waals surface area contributed by atoms with Crippen LogP contribution in [-0.2, 0) is 11.2 Å². The molecule has 0 saturated carbocycles. The molecule has 0 spiro atoms. The number of nitrogens with zero attached hydrogens (tertiary/aromatic N) is 1. The third-order valence-electron chi connectivity index (χ3n) is 4.42. The number of carbonyl (C=O) groups is 1. The number of aryl methyl sites for hydroxylation is 1. The molecule has 0 radical (unpaired) electrons. The largest absolute Gasteiger partial charge is 0.342 e. The summed E-state index contributed by atoms with van der Waals surface area (Å²) in [4.78, 5) is 12.9. The fourth-order valence-corrected chi connectivity index (χ4v) is 2.83. The summed E-state index contributed by atoms with van der Waals surface area (Å²) in [6.45, 7) is 4.09. The first-order chi connectivity index (χ1) is 11.6. The van der Waals surface area contributed by atoms with Crippen LogP contribution in [0.4, 0.5) is 5.69 Å². The summed E-state index contributed by atoms with van der Waals surface area (Å²) >= 11 is 0. The van der Waals surface area contributed by atoms with E-state index < -0.39 is 0 Å². The zero-order chi connectivity index (χ0) is 16.9. The van der Waals surface area contributed by atoms with Gasteiger partial charge in [0.2, 0.25) is 5.91 Å². The lowest BCUT2D eigenvalue weighted by atomic mass is 10.0. The van der Waals surface area contributed by atoms with Gasteiger partial charge >= 0.3 is 0 Å². The molecule has 1 heterocycles. The third-order valence-corrected chi connectivity index (χ3v) is 4.42. The van der Waals surface area contributed by atoms with Crippen molar-refractivity contribution in [1.29, 1.82) is 0 Å². The second kappa shape index (κ2) is 7.18. The SMILES string of the molecule is Cc1cccc(NC(=O)[C@@H](Cc2ccccc2)n2cccc2)c1C. The van der Waals surface area contributed by atoms with Crippen LogP contribution in [0.15, 0.2) is 73.1 Å². The Morgan fingerprint density at radius 1 is 0.958 bits per heavy atom. The van der Waals surface area contributed by atoms with E-state index in [4.69, 9.17) is 0 Å². The molecule has 0 aliphatic carbocycles. The zero-order valence-corrected chi connectivity index (χ0v) is 14.1. The monoisotopic (exact) mass is 318 g/mol. The lowest BCUT2D eigenvalue weighted by Gasteiger charge is -2.20. The summed E-state index contributed by atoms with van der Waals surface area (Å²) in [7, 11) is 0. The zero-order valence-electron chi connectivity index (χ0n) is 14.1. The Kier molecular flexibility index (Phi) is 4.80. The molecule has 1 atom stereocenters. The van der Waals surface area contributed by atoms with Crippen molar-refractivity contribution in [1.82, 2.24) is 4.57 Å². The van der Waals surface area contributed by atoms with Crippen LogP contribution in [0.2, 0.25) is 0 Å². The van der Waals surface area contributed by atoms with Crippen LogP contribution in [-0.4, -0.2) is 10.5 Å². The van der Waals surface area contributed by atoms with Gasteiger partial charge in [-0.05, 0) is 48.7 Å². The average molecular weight is 318 g/mol. The molecule has 0 unspecified atom stereocenters. The van der Waals surface area contributed by atoms with Crippen LogP contribution in [0.1, 0.15) is 22.7 Å². The van der Waals surface area contributed by atoms with Crippen molar-refractivity contribution in [2.75, 3.05) is 5.32 Å². The van der Waals surface area contributed by atoms with E-state index in [-0.39, 0.29) is 11.9 Å². The molecule has 2 aromatic carbocycles. The summed E-state index contributed by atoms with van der Waals surface area (Å²) < 4.78 is 1.97. The van der Waals surface area contributed by atoms with Crippen molar-refractivity contribution >= 4 is 11.6 Å². The number of hydrogen-bond donors (Lipinski definition) is 1. The van der Waals surface area contributed by atoms with E-state index in [0.717, 1.165) is 16.8 Å². The fraction of sp³-hybridized carbons (Fsp3) is 0.190. The first-order valence-corrected chi connectivity index (χ1v) is 8.18. The maximum absolute atomic E-state index is 12.9. The third kappa shape index (κ3) is 3.57. The normalized spacial score (nSPS) is 11.9. The molecule has 3 nitrogen and oxygen atoms in total. The van der Waals surface area contributed by atoms with E-state index in [2.05, 4.69) is 30.4 Å². The van der Waals surface area contributed by atoms with Gasteiger partial charge in [0.25, 0.3) is 0 Å². The molecule has 3 aromatic rings. The van der Waals surface area contributed by atoms with E-state index in [9.17, 15) is 4.79 Å². The quantitative estimate of drug-likeness (QED) is 0.737. The molecule has 1 aromatic heterocycles. The van der Waals surface area contributed by atoms with E-state index >= 15 is 0 Å². The number of hydrogen-bond acceptors (Lipinski definition) is 1. The second-order valence-corrected chi connectivity index (χ2v) is 6.07. The Morgan fingerprint density at radius 2 is 1.67 bits per heavy atom. The first kappa shape index (κ1) is 16.1. The van der Waals surface area contributed by atoms with E-state index in [1.54, 1.807) is 0 Å². The number of aromatic nitrogens is 1. The molecule has 1 N–H and O–H groups in total. The van der Waals surface area contributed by atoms with Crippen LogP contribution in [0.5, 0.6) is 0 Å². The number of benzene rings is 2. The van der Waals surface area contributed by atoms with Crippen LogP contribution in [0, 0.1) is 13.8 Å². The minimum Gasteiger partial charge on any atom is -0.342 e. The summed E-state index contributed by atoms with van der Waals surface area (Å²) in [5, 5.41) is 3.10. The number of rotatable bonds is 5. The maximum Gasteiger partial charge on any atom is 0.247 e. The standard InChI is InChI=1S/C21H22N2O/c1-16-9-8-12-19(17(16)2)22-21(24)20(23-13-6-7-14-23)15-18-10-4-3-5-11-18/h3-14,20H,15H2,1-2H3,(H,22,24)/t20-/m1/s1. The Labute approximate surface area is 143 Å². The Bertz CT molecular complexity index is 807. The molecule has 1 amide bonds. The van der Waals surface area contributed by atoms with Crippen molar-refractivity contribution in [3.05, 3.63) is 89.7 Å². The van der Waals surface area contributed by atoms with Crippen LogP contribution < -0.4 is 5.32 Å². The van der Waals surface area contributed by atoms with Gasteiger partial charge in [0.15, 0.2) is 0 Å². The fourth-order valence-electron chi connectivity index (χ4n) is 2.83. The summed E-state index contributed by atoms with van der Waals surface area (Å²) in [5.41, 5.74) is 4.31. The van der Waals surface area contributed by atoms with Gasteiger partial charge < -0.3 is 9.88 Å². The molecule has 0 aliphatic rings. The van der Waals surface area contributed by atoms with E-state index in [1.807, 2.05) is 66.3 Å². The van der Waals surface area contributed by atoms with Gasteiger partial charge in [-0.25, -0.2) is 0 Å². The Balaban J connectivity index is 1.85. The average Bonchev–Trinajstić information content (AvgIpc) is 3.12. The van der Waals surface area contributed by atoms with Crippen molar-refractivity contribution < 1.29 is 4.79 Å². The van der Waals surface area contributed by atoms with Crippen LogP contribution in [0.25, 0.3) is 0 Å². The highest BCUT2D eigenvalue weighted by molar-refractivity contribution is 5.94. The number of nitrogens with one attached hydrogen (secondary N) is 1. The van der Waals surface area contributed by atoms with Crippen molar-refractivity contribution in [3.63, 3.8) is 0 Å². The minimum atomic E-state index is -0.276. The first-order valence-electron chi connectivity index (χ1n) is 8.18. The highest BCUT2D eigenvalue weighted by Crippen LogP contribution is 2.21. The van der Waals surface area contributed by atoms with Gasteiger partial charge in [0, 0.05) is 24.5 Å². The minimum absolute atomic E-state index is 0.00348. The van der Waals surface area contributed by atoms with Crippen molar-refractivity contribution in [3.8, 4) is 0 Å². The molecule has 0 bridgehead atoms. The lowest BCUT2D eigenvalue weighted by Crippen LogP contribution is -2.27. The van der Waals surface area contributed by atoms with E-state index in [0.29, 0.717) is 6.42 Å². The number of anilines is 1. The predicted octanol–water partition coefficient (Wildman–Crippen LogP) is 4.53. The Hall–Kier alpha value is -2.81. The van der Waals surface area contributed by atoms with Crippen LogP contribution in [0.3, 0.4) is 0 Å². The van der Waals surface area contributed by atoms with Crippen LogP contribution >= 0.6 is 0 Å². The molecule has 0 aliphatic heterocycles. The molecular weight excluding hydrogens is 296 g/mol. The van der Waals surface area contributed by atoms with Crippen molar-refractivity contribution in [2.24, 2.45) is 0 Å². The highest BCUT2D eigenvalue weighted by atomic mass is 16.2. The lowest BCUT2D eigenvalue weighted by molar-refractivity contribution is -0.119. The van der Waals surface area contributed by atoms with E-state index in [1.165, 1.54) is 5.56 Å². The molecule has 122 valence electrons. The van der Waals surface area contributed by atoms with Crippen molar-refractivity contribution in [2.45, 2.75) is 26.3 Å². The van der Waals surface area contributed by atoms with Gasteiger partial charge in [-0.3, -0.25) is 4.79 Å². The van der Waals surface area contributed by atoms with Gasteiger partial charge in [-0.15, -0.1) is 0 Å². The Morgan fingerprint density at radius 3 is 2.38 bits per heavy atom. The predicted molar refractivity (Wildman–Crippen MR) is 98.2 cm³/mol. The summed E-state index contributed by atoms with van der Waals surface area (Å²) in [5.74, 6) is 0.00348. The molecular formula is C21H22N2O. The highest BCUT2D eigenvalue weighted by Gasteiger charge is 2.21. The number of carbonyl (C=O) groups excluding carboxylic acids is 1. The summed E-state index contributed by atoms with van der Waals surface area (Å²) in [6, 6.07) is 19.7.